The van der Waals surface area contributed by atoms with Crippen LogP contribution in [0.25, 0.3) is 0 Å². The van der Waals surface area contributed by atoms with Gasteiger partial charge in [-0.05, 0) is 57.6 Å². The molecule has 1 aromatic heterocycles. The molecule has 1 aliphatic carbocycles. The van der Waals surface area contributed by atoms with E-state index in [2.05, 4.69) is 43.0 Å². The number of rotatable bonds is 7. The van der Waals surface area contributed by atoms with Crippen molar-refractivity contribution in [2.45, 2.75) is 84.2 Å². The summed E-state index contributed by atoms with van der Waals surface area (Å²) in [5.74, 6) is 0.763. The van der Waals surface area contributed by atoms with Crippen molar-refractivity contribution in [3.05, 3.63) is 18.0 Å². The summed E-state index contributed by atoms with van der Waals surface area (Å²) in [5, 5.41) is 8.60. The van der Waals surface area contributed by atoms with Crippen molar-refractivity contribution in [3.63, 3.8) is 0 Å². The SMILES string of the molecule is CCCNC1CCCCCC1Cc1ccn(C(C)CC)n1. The van der Waals surface area contributed by atoms with Crippen LogP contribution in [-0.4, -0.2) is 22.4 Å². The molecule has 1 fully saturated rings. The van der Waals surface area contributed by atoms with Crippen molar-refractivity contribution >= 4 is 0 Å². The van der Waals surface area contributed by atoms with Crippen molar-refractivity contribution in [2.24, 2.45) is 5.92 Å². The highest BCUT2D eigenvalue weighted by atomic mass is 15.3. The predicted octanol–water partition coefficient (Wildman–Crippen LogP) is 4.35. The van der Waals surface area contributed by atoms with E-state index in [4.69, 9.17) is 5.10 Å². The Bertz CT molecular complexity index is 399. The van der Waals surface area contributed by atoms with Gasteiger partial charge in [-0.2, -0.15) is 5.10 Å². The first-order valence-electron chi connectivity index (χ1n) is 9.02. The molecule has 0 saturated heterocycles. The lowest BCUT2D eigenvalue weighted by atomic mass is 9.90. The van der Waals surface area contributed by atoms with Crippen molar-refractivity contribution in [3.8, 4) is 0 Å². The Balaban J connectivity index is 1.98. The maximum Gasteiger partial charge on any atom is 0.0628 e. The van der Waals surface area contributed by atoms with E-state index in [-0.39, 0.29) is 0 Å². The van der Waals surface area contributed by atoms with Crippen LogP contribution in [0.15, 0.2) is 12.3 Å². The van der Waals surface area contributed by atoms with Gasteiger partial charge in [0, 0.05) is 18.3 Å². The second-order valence-electron chi connectivity index (χ2n) is 6.71. The third kappa shape index (κ3) is 4.84. The molecule has 1 saturated carbocycles. The molecule has 1 aromatic rings. The van der Waals surface area contributed by atoms with Crippen molar-refractivity contribution in [2.75, 3.05) is 6.54 Å². The number of hydrogen-bond acceptors (Lipinski definition) is 2. The zero-order valence-electron chi connectivity index (χ0n) is 14.1. The molecular formula is C18H33N3. The summed E-state index contributed by atoms with van der Waals surface area (Å²) in [7, 11) is 0. The highest BCUT2D eigenvalue weighted by Crippen LogP contribution is 2.26. The van der Waals surface area contributed by atoms with Crippen LogP contribution in [0.1, 0.15) is 77.5 Å². The Morgan fingerprint density at radius 1 is 1.29 bits per heavy atom. The molecular weight excluding hydrogens is 258 g/mol. The van der Waals surface area contributed by atoms with Crippen LogP contribution in [-0.2, 0) is 6.42 Å². The van der Waals surface area contributed by atoms with E-state index in [9.17, 15) is 0 Å². The first-order chi connectivity index (χ1) is 10.2. The fourth-order valence-corrected chi connectivity index (χ4v) is 3.41. The van der Waals surface area contributed by atoms with E-state index in [1.165, 1.54) is 44.2 Å². The normalized spacial score (nSPS) is 24.7. The Labute approximate surface area is 130 Å². The summed E-state index contributed by atoms with van der Waals surface area (Å²) < 4.78 is 2.14. The second-order valence-corrected chi connectivity index (χ2v) is 6.71. The van der Waals surface area contributed by atoms with Gasteiger partial charge in [-0.25, -0.2) is 0 Å². The van der Waals surface area contributed by atoms with Gasteiger partial charge in [0.1, 0.15) is 0 Å². The number of nitrogens with one attached hydrogen (secondary N) is 1. The third-order valence-electron chi connectivity index (χ3n) is 4.99. The van der Waals surface area contributed by atoms with Crippen LogP contribution >= 0.6 is 0 Å². The van der Waals surface area contributed by atoms with E-state index < -0.39 is 0 Å². The Morgan fingerprint density at radius 2 is 2.10 bits per heavy atom. The molecule has 0 bridgehead atoms. The van der Waals surface area contributed by atoms with Gasteiger partial charge < -0.3 is 5.32 Å². The molecule has 0 radical (unpaired) electrons. The summed E-state index contributed by atoms with van der Waals surface area (Å²) >= 11 is 0. The minimum atomic E-state index is 0.516. The summed E-state index contributed by atoms with van der Waals surface area (Å²) in [4.78, 5) is 0. The predicted molar refractivity (Wildman–Crippen MR) is 89.6 cm³/mol. The number of nitrogens with zero attached hydrogens (tertiary/aromatic N) is 2. The molecule has 0 aliphatic heterocycles. The highest BCUT2D eigenvalue weighted by Gasteiger charge is 2.24. The van der Waals surface area contributed by atoms with Gasteiger partial charge in [0.15, 0.2) is 0 Å². The zero-order valence-corrected chi connectivity index (χ0v) is 14.1. The second kappa shape index (κ2) is 8.57. The van der Waals surface area contributed by atoms with Crippen molar-refractivity contribution in [1.29, 1.82) is 0 Å². The molecule has 3 heteroatoms. The average molecular weight is 291 g/mol. The van der Waals surface area contributed by atoms with Crippen LogP contribution in [0, 0.1) is 5.92 Å². The minimum absolute atomic E-state index is 0.516. The topological polar surface area (TPSA) is 29.9 Å². The van der Waals surface area contributed by atoms with E-state index in [0.717, 1.165) is 25.3 Å². The van der Waals surface area contributed by atoms with Gasteiger partial charge >= 0.3 is 0 Å². The lowest BCUT2D eigenvalue weighted by molar-refractivity contribution is 0.329. The van der Waals surface area contributed by atoms with Crippen molar-refractivity contribution in [1.82, 2.24) is 15.1 Å². The third-order valence-corrected chi connectivity index (χ3v) is 4.99. The molecule has 0 amide bonds. The molecule has 1 aliphatic rings. The molecule has 2 rings (SSSR count). The standard InChI is InChI=1S/C18H33N3/c1-4-12-19-18-10-8-6-7-9-16(18)14-17-11-13-21(20-17)15(3)5-2/h11,13,15-16,18-19H,4-10,12,14H2,1-3H3. The molecule has 0 spiro atoms. The Hall–Kier alpha value is -0.830. The molecule has 1 heterocycles. The van der Waals surface area contributed by atoms with Gasteiger partial charge in [-0.1, -0.05) is 33.1 Å². The van der Waals surface area contributed by atoms with E-state index in [1.54, 1.807) is 0 Å². The molecule has 1 N–H and O–H groups in total. The molecule has 3 unspecified atom stereocenters. The first kappa shape index (κ1) is 16.5. The van der Waals surface area contributed by atoms with Gasteiger partial charge in [0.05, 0.1) is 5.69 Å². The maximum absolute atomic E-state index is 4.81. The lowest BCUT2D eigenvalue weighted by Gasteiger charge is -2.25. The lowest BCUT2D eigenvalue weighted by Crippen LogP contribution is -2.37. The zero-order chi connectivity index (χ0) is 15.1. The largest absolute Gasteiger partial charge is 0.314 e. The monoisotopic (exact) mass is 291 g/mol. The average Bonchev–Trinajstić information content (AvgIpc) is 2.85. The number of hydrogen-bond donors (Lipinski definition) is 1. The van der Waals surface area contributed by atoms with Crippen LogP contribution in [0.5, 0.6) is 0 Å². The van der Waals surface area contributed by atoms with Crippen LogP contribution in [0.2, 0.25) is 0 Å². The Kier molecular flexibility index (Phi) is 6.75. The van der Waals surface area contributed by atoms with Crippen LogP contribution in [0.3, 0.4) is 0 Å². The smallest absolute Gasteiger partial charge is 0.0628 e. The van der Waals surface area contributed by atoms with E-state index in [0.29, 0.717) is 12.1 Å². The molecule has 0 aromatic carbocycles. The molecule has 3 nitrogen and oxygen atoms in total. The van der Waals surface area contributed by atoms with Crippen molar-refractivity contribution < 1.29 is 0 Å². The molecule has 120 valence electrons. The van der Waals surface area contributed by atoms with E-state index in [1.807, 2.05) is 0 Å². The summed E-state index contributed by atoms with van der Waals surface area (Å²) in [6, 6.07) is 3.44. The van der Waals surface area contributed by atoms with E-state index >= 15 is 0 Å². The van der Waals surface area contributed by atoms with Gasteiger partial charge in [-0.3, -0.25) is 4.68 Å². The van der Waals surface area contributed by atoms with Gasteiger partial charge in [0.25, 0.3) is 0 Å². The highest BCUT2D eigenvalue weighted by molar-refractivity contribution is 5.02. The summed E-state index contributed by atoms with van der Waals surface area (Å²) in [6.07, 6.45) is 12.6. The Morgan fingerprint density at radius 3 is 2.86 bits per heavy atom. The molecule has 21 heavy (non-hydrogen) atoms. The fourth-order valence-electron chi connectivity index (χ4n) is 3.41. The summed E-state index contributed by atoms with van der Waals surface area (Å²) in [6.45, 7) is 7.88. The molecule has 3 atom stereocenters. The first-order valence-corrected chi connectivity index (χ1v) is 9.02. The fraction of sp³-hybridized carbons (Fsp3) is 0.833. The van der Waals surface area contributed by atoms with Crippen LogP contribution < -0.4 is 5.32 Å². The minimum Gasteiger partial charge on any atom is -0.314 e. The number of aromatic nitrogens is 2. The van der Waals surface area contributed by atoms with Gasteiger partial charge in [-0.15, -0.1) is 0 Å². The van der Waals surface area contributed by atoms with Gasteiger partial charge in [0.2, 0.25) is 0 Å². The quantitative estimate of drug-likeness (QED) is 0.757. The maximum atomic E-state index is 4.81. The summed E-state index contributed by atoms with van der Waals surface area (Å²) in [5.41, 5.74) is 1.28. The van der Waals surface area contributed by atoms with Crippen LogP contribution in [0.4, 0.5) is 0 Å².